The van der Waals surface area contributed by atoms with E-state index in [9.17, 15) is 9.90 Å². The molecule has 6 nitrogen and oxygen atoms in total. The number of carbonyl (C=O) groups excluding carboxylic acids is 1. The van der Waals surface area contributed by atoms with Gasteiger partial charge in [-0.2, -0.15) is 0 Å². The number of ether oxygens (including phenoxy) is 3. The first-order chi connectivity index (χ1) is 12.4. The van der Waals surface area contributed by atoms with Crippen LogP contribution in [0.3, 0.4) is 0 Å². The van der Waals surface area contributed by atoms with Crippen LogP contribution in [0.1, 0.15) is 22.8 Å². The van der Waals surface area contributed by atoms with E-state index in [1.165, 1.54) is 14.2 Å². The SMILES string of the molecule is COc1ccc(CC(C)(O)CNC(=O)c2cc(OC)cc(OC)c2)cc1. The molecule has 2 aromatic rings. The van der Waals surface area contributed by atoms with Gasteiger partial charge in [0.05, 0.1) is 26.9 Å². The van der Waals surface area contributed by atoms with Gasteiger partial charge in [0.15, 0.2) is 0 Å². The summed E-state index contributed by atoms with van der Waals surface area (Å²) in [6.45, 7) is 1.79. The molecule has 0 saturated heterocycles. The Balaban J connectivity index is 2.00. The van der Waals surface area contributed by atoms with Gasteiger partial charge in [0.25, 0.3) is 5.91 Å². The van der Waals surface area contributed by atoms with Crippen LogP contribution >= 0.6 is 0 Å². The Morgan fingerprint density at radius 2 is 1.50 bits per heavy atom. The van der Waals surface area contributed by atoms with Crippen molar-refractivity contribution in [3.8, 4) is 17.2 Å². The standard InChI is InChI=1S/C20H25NO5/c1-20(23,12-14-5-7-16(24-2)8-6-14)13-21-19(22)15-9-17(25-3)11-18(10-15)26-4/h5-11,23H,12-13H2,1-4H3,(H,21,22). The summed E-state index contributed by atoms with van der Waals surface area (Å²) in [5.74, 6) is 1.50. The molecule has 6 heteroatoms. The van der Waals surface area contributed by atoms with Crippen molar-refractivity contribution in [3.05, 3.63) is 53.6 Å². The van der Waals surface area contributed by atoms with Crippen LogP contribution in [0, 0.1) is 0 Å². The van der Waals surface area contributed by atoms with Crippen molar-refractivity contribution in [2.24, 2.45) is 0 Å². The Kier molecular flexibility index (Phi) is 6.46. The zero-order chi connectivity index (χ0) is 19.2. The number of nitrogens with one attached hydrogen (secondary N) is 1. The number of rotatable bonds is 8. The molecule has 2 aromatic carbocycles. The molecule has 2 N–H and O–H groups in total. The van der Waals surface area contributed by atoms with E-state index in [0.29, 0.717) is 23.5 Å². The molecule has 0 spiro atoms. The summed E-state index contributed by atoms with van der Waals surface area (Å²) >= 11 is 0. The van der Waals surface area contributed by atoms with Gasteiger partial charge < -0.3 is 24.6 Å². The highest BCUT2D eigenvalue weighted by atomic mass is 16.5. The van der Waals surface area contributed by atoms with E-state index < -0.39 is 5.60 Å². The Morgan fingerprint density at radius 1 is 0.962 bits per heavy atom. The van der Waals surface area contributed by atoms with E-state index in [1.54, 1.807) is 32.2 Å². The van der Waals surface area contributed by atoms with E-state index in [2.05, 4.69) is 5.32 Å². The minimum absolute atomic E-state index is 0.109. The van der Waals surface area contributed by atoms with E-state index in [4.69, 9.17) is 14.2 Å². The van der Waals surface area contributed by atoms with Crippen molar-refractivity contribution in [1.29, 1.82) is 0 Å². The molecule has 0 aromatic heterocycles. The second-order valence-corrected chi connectivity index (χ2v) is 6.31. The van der Waals surface area contributed by atoms with Crippen LogP contribution in [0.5, 0.6) is 17.2 Å². The van der Waals surface area contributed by atoms with Crippen LogP contribution in [-0.2, 0) is 6.42 Å². The summed E-state index contributed by atoms with van der Waals surface area (Å²) in [5.41, 5.74) is 0.266. The first-order valence-electron chi connectivity index (χ1n) is 8.23. The third kappa shape index (κ3) is 5.39. The third-order valence-electron chi connectivity index (χ3n) is 3.99. The Labute approximate surface area is 153 Å². The van der Waals surface area contributed by atoms with Gasteiger partial charge in [-0.25, -0.2) is 0 Å². The van der Waals surface area contributed by atoms with Gasteiger partial charge in [-0.05, 0) is 36.8 Å². The topological polar surface area (TPSA) is 77.0 Å². The summed E-state index contributed by atoms with van der Waals surface area (Å²) in [7, 11) is 4.65. The number of hydrogen-bond donors (Lipinski definition) is 2. The molecule has 1 unspecified atom stereocenters. The molecule has 0 saturated carbocycles. The van der Waals surface area contributed by atoms with E-state index >= 15 is 0 Å². The van der Waals surface area contributed by atoms with Gasteiger partial charge >= 0.3 is 0 Å². The minimum atomic E-state index is -1.09. The van der Waals surface area contributed by atoms with Gasteiger partial charge in [-0.1, -0.05) is 12.1 Å². The molecule has 0 aliphatic carbocycles. The molecular formula is C20H25NO5. The first-order valence-corrected chi connectivity index (χ1v) is 8.23. The maximum Gasteiger partial charge on any atom is 0.251 e. The normalized spacial score (nSPS) is 12.8. The second-order valence-electron chi connectivity index (χ2n) is 6.31. The molecule has 0 aliphatic heterocycles. The maximum absolute atomic E-state index is 12.4. The summed E-state index contributed by atoms with van der Waals surface area (Å²) in [5, 5.41) is 13.4. The van der Waals surface area contributed by atoms with E-state index in [-0.39, 0.29) is 12.5 Å². The monoisotopic (exact) mass is 359 g/mol. The van der Waals surface area contributed by atoms with E-state index in [0.717, 1.165) is 11.3 Å². The minimum Gasteiger partial charge on any atom is -0.497 e. The van der Waals surface area contributed by atoms with Crippen LogP contribution in [0.4, 0.5) is 0 Å². The van der Waals surface area contributed by atoms with Crippen molar-refractivity contribution in [2.45, 2.75) is 18.9 Å². The molecule has 0 bridgehead atoms. The quantitative estimate of drug-likeness (QED) is 0.757. The number of amides is 1. The Hall–Kier alpha value is -2.73. The zero-order valence-electron chi connectivity index (χ0n) is 15.5. The van der Waals surface area contributed by atoms with Crippen molar-refractivity contribution in [2.75, 3.05) is 27.9 Å². The predicted octanol–water partition coefficient (Wildman–Crippen LogP) is 2.44. The highest BCUT2D eigenvalue weighted by Crippen LogP contribution is 2.22. The average Bonchev–Trinajstić information content (AvgIpc) is 2.66. The van der Waals surface area contributed by atoms with Crippen LogP contribution in [0.2, 0.25) is 0 Å². The van der Waals surface area contributed by atoms with Gasteiger partial charge in [0, 0.05) is 24.6 Å². The zero-order valence-corrected chi connectivity index (χ0v) is 15.5. The fourth-order valence-corrected chi connectivity index (χ4v) is 2.56. The fraction of sp³-hybridized carbons (Fsp3) is 0.350. The summed E-state index contributed by atoms with van der Waals surface area (Å²) in [6.07, 6.45) is 0.401. The van der Waals surface area contributed by atoms with Gasteiger partial charge in [-0.15, -0.1) is 0 Å². The number of benzene rings is 2. The number of aliphatic hydroxyl groups is 1. The molecule has 0 aliphatic rings. The van der Waals surface area contributed by atoms with Crippen LogP contribution in [0.15, 0.2) is 42.5 Å². The molecule has 2 rings (SSSR count). The van der Waals surface area contributed by atoms with Crippen molar-refractivity contribution >= 4 is 5.91 Å². The second kappa shape index (κ2) is 8.58. The van der Waals surface area contributed by atoms with E-state index in [1.807, 2.05) is 24.3 Å². The lowest BCUT2D eigenvalue weighted by Gasteiger charge is -2.24. The lowest BCUT2D eigenvalue weighted by molar-refractivity contribution is 0.0552. The predicted molar refractivity (Wildman–Crippen MR) is 99.2 cm³/mol. The highest BCUT2D eigenvalue weighted by Gasteiger charge is 2.22. The third-order valence-corrected chi connectivity index (χ3v) is 3.99. The number of methoxy groups -OCH3 is 3. The van der Waals surface area contributed by atoms with Crippen molar-refractivity contribution in [3.63, 3.8) is 0 Å². The number of carbonyl (C=O) groups is 1. The molecule has 140 valence electrons. The summed E-state index contributed by atoms with van der Waals surface area (Å²) < 4.78 is 15.5. The molecule has 0 fully saturated rings. The fourth-order valence-electron chi connectivity index (χ4n) is 2.56. The van der Waals surface area contributed by atoms with Crippen molar-refractivity contribution in [1.82, 2.24) is 5.32 Å². The lowest BCUT2D eigenvalue weighted by atomic mass is 9.96. The van der Waals surface area contributed by atoms with Gasteiger partial charge in [0.2, 0.25) is 0 Å². The molecule has 1 amide bonds. The first kappa shape index (κ1) is 19.6. The Morgan fingerprint density at radius 3 is 2.00 bits per heavy atom. The highest BCUT2D eigenvalue weighted by molar-refractivity contribution is 5.95. The summed E-state index contributed by atoms with van der Waals surface area (Å²) in [6, 6.07) is 12.4. The molecule has 0 radical (unpaired) electrons. The summed E-state index contributed by atoms with van der Waals surface area (Å²) in [4.78, 5) is 12.4. The van der Waals surface area contributed by atoms with Crippen LogP contribution in [-0.4, -0.2) is 44.5 Å². The van der Waals surface area contributed by atoms with Crippen LogP contribution in [0.25, 0.3) is 0 Å². The largest absolute Gasteiger partial charge is 0.497 e. The molecule has 26 heavy (non-hydrogen) atoms. The molecule has 0 heterocycles. The Bertz CT molecular complexity index is 718. The molecule has 1 atom stereocenters. The average molecular weight is 359 g/mol. The lowest BCUT2D eigenvalue weighted by Crippen LogP contribution is -2.42. The van der Waals surface area contributed by atoms with Gasteiger partial charge in [-0.3, -0.25) is 4.79 Å². The van der Waals surface area contributed by atoms with Gasteiger partial charge in [0.1, 0.15) is 17.2 Å². The van der Waals surface area contributed by atoms with Crippen LogP contribution < -0.4 is 19.5 Å². The molecular weight excluding hydrogens is 334 g/mol. The van der Waals surface area contributed by atoms with Crippen molar-refractivity contribution < 1.29 is 24.1 Å². The maximum atomic E-state index is 12.4. The number of hydrogen-bond acceptors (Lipinski definition) is 5. The smallest absolute Gasteiger partial charge is 0.251 e.